The average molecular weight is 377 g/mol. The Kier molecular flexibility index (Phi) is 5.18. The third kappa shape index (κ3) is 3.86. The molecule has 1 aromatic rings. The summed E-state index contributed by atoms with van der Waals surface area (Å²) in [4.78, 5) is 42.2. The van der Waals surface area contributed by atoms with Gasteiger partial charge in [0.1, 0.15) is 0 Å². The Morgan fingerprint density at radius 2 is 1.48 bits per heavy atom. The van der Waals surface area contributed by atoms with E-state index in [0.717, 1.165) is 51.6 Å². The lowest BCUT2D eigenvalue weighted by molar-refractivity contribution is -0.138. The van der Waals surface area contributed by atoms with Crippen LogP contribution in [0.1, 0.15) is 50.3 Å². The van der Waals surface area contributed by atoms with Crippen molar-refractivity contribution >= 4 is 11.9 Å². The molecule has 0 unspecified atom stereocenters. The van der Waals surface area contributed by atoms with E-state index in [4.69, 9.17) is 4.42 Å². The number of likely N-dealkylation sites (tertiary alicyclic amines) is 3. The Bertz CT molecular complexity index is 722. The van der Waals surface area contributed by atoms with E-state index in [2.05, 4.69) is 10.2 Å². The molecule has 1 N–H and O–H groups in total. The Balaban J connectivity index is 1.25. The Hall–Kier alpha value is -2.32. The SMILES string of the molecule is O=C(C1CCN(C(=O)N2CCCC2)CC1)N1CCC(c2n[nH]c(=O)o2)CC1. The van der Waals surface area contributed by atoms with E-state index < -0.39 is 5.76 Å². The van der Waals surface area contributed by atoms with E-state index in [1.54, 1.807) is 0 Å². The number of nitrogens with zero attached hydrogens (tertiary/aromatic N) is 4. The number of urea groups is 1. The zero-order chi connectivity index (χ0) is 18.8. The molecule has 0 aliphatic carbocycles. The number of amides is 3. The van der Waals surface area contributed by atoms with E-state index in [0.29, 0.717) is 32.1 Å². The average Bonchev–Trinajstić information content (AvgIpc) is 3.39. The topological polar surface area (TPSA) is 103 Å². The van der Waals surface area contributed by atoms with Gasteiger partial charge in [-0.3, -0.25) is 4.79 Å². The second-order valence-corrected chi connectivity index (χ2v) is 7.79. The van der Waals surface area contributed by atoms with Gasteiger partial charge in [0, 0.05) is 51.1 Å². The van der Waals surface area contributed by atoms with Crippen LogP contribution >= 0.6 is 0 Å². The van der Waals surface area contributed by atoms with Crippen LogP contribution in [0.15, 0.2) is 9.21 Å². The molecular formula is C18H27N5O4. The first-order valence-electron chi connectivity index (χ1n) is 10.00. The highest BCUT2D eigenvalue weighted by atomic mass is 16.4. The van der Waals surface area contributed by atoms with Gasteiger partial charge >= 0.3 is 11.8 Å². The lowest BCUT2D eigenvalue weighted by Crippen LogP contribution is -2.49. The highest BCUT2D eigenvalue weighted by molar-refractivity contribution is 5.80. The fourth-order valence-electron chi connectivity index (χ4n) is 4.45. The zero-order valence-corrected chi connectivity index (χ0v) is 15.6. The van der Waals surface area contributed by atoms with E-state index in [-0.39, 0.29) is 23.8 Å². The predicted molar refractivity (Wildman–Crippen MR) is 96.2 cm³/mol. The van der Waals surface area contributed by atoms with Crippen molar-refractivity contribution in [3.63, 3.8) is 0 Å². The molecule has 1 aromatic heterocycles. The van der Waals surface area contributed by atoms with Crippen LogP contribution in [-0.4, -0.2) is 76.1 Å². The molecule has 0 aromatic carbocycles. The lowest BCUT2D eigenvalue weighted by atomic mass is 9.92. The molecule has 4 rings (SSSR count). The molecule has 3 amide bonds. The summed E-state index contributed by atoms with van der Waals surface area (Å²) in [6.07, 6.45) is 5.19. The number of aromatic nitrogens is 2. The first kappa shape index (κ1) is 18.1. The first-order valence-corrected chi connectivity index (χ1v) is 10.00. The number of carbonyl (C=O) groups excluding carboxylic acids is 2. The lowest BCUT2D eigenvalue weighted by Gasteiger charge is -2.37. The van der Waals surface area contributed by atoms with Gasteiger partial charge in [-0.2, -0.15) is 0 Å². The van der Waals surface area contributed by atoms with Crippen LogP contribution in [0.25, 0.3) is 0 Å². The van der Waals surface area contributed by atoms with Gasteiger partial charge in [0.25, 0.3) is 0 Å². The van der Waals surface area contributed by atoms with Crippen LogP contribution in [-0.2, 0) is 4.79 Å². The summed E-state index contributed by atoms with van der Waals surface area (Å²) in [5, 5.41) is 6.20. The summed E-state index contributed by atoms with van der Waals surface area (Å²) < 4.78 is 5.04. The largest absolute Gasteiger partial charge is 0.434 e. The normalized spacial score (nSPS) is 22.4. The number of piperidine rings is 2. The van der Waals surface area contributed by atoms with Crippen LogP contribution in [0.2, 0.25) is 0 Å². The molecule has 27 heavy (non-hydrogen) atoms. The maximum Gasteiger partial charge on any atom is 0.434 e. The van der Waals surface area contributed by atoms with Crippen molar-refractivity contribution in [2.24, 2.45) is 5.92 Å². The fraction of sp³-hybridized carbons (Fsp3) is 0.778. The van der Waals surface area contributed by atoms with Gasteiger partial charge in [-0.15, -0.1) is 5.10 Å². The number of aromatic amines is 1. The molecular weight excluding hydrogens is 350 g/mol. The standard InChI is InChI=1S/C18H27N5O4/c24-16(21-9-3-13(4-10-21)15-19-20-17(25)27-15)14-5-11-23(12-6-14)18(26)22-7-1-2-8-22/h13-14H,1-12H2,(H,20,25). The number of rotatable bonds is 2. The van der Waals surface area contributed by atoms with Gasteiger partial charge in [0.05, 0.1) is 0 Å². The van der Waals surface area contributed by atoms with E-state index in [1.807, 2.05) is 14.7 Å². The smallest absolute Gasteiger partial charge is 0.392 e. The van der Waals surface area contributed by atoms with Gasteiger partial charge in [-0.1, -0.05) is 0 Å². The van der Waals surface area contributed by atoms with Crippen LogP contribution < -0.4 is 5.76 Å². The molecule has 9 heteroatoms. The molecule has 0 radical (unpaired) electrons. The summed E-state index contributed by atoms with van der Waals surface area (Å²) in [6, 6.07) is 0.139. The first-order chi connectivity index (χ1) is 13.1. The fourth-order valence-corrected chi connectivity index (χ4v) is 4.45. The summed E-state index contributed by atoms with van der Waals surface area (Å²) >= 11 is 0. The van der Waals surface area contributed by atoms with Crippen molar-refractivity contribution in [2.45, 2.75) is 44.4 Å². The molecule has 3 aliphatic rings. The Morgan fingerprint density at radius 3 is 2.07 bits per heavy atom. The molecule has 3 fully saturated rings. The molecule has 0 spiro atoms. The molecule has 4 heterocycles. The van der Waals surface area contributed by atoms with Crippen molar-refractivity contribution in [2.75, 3.05) is 39.3 Å². The monoisotopic (exact) mass is 377 g/mol. The van der Waals surface area contributed by atoms with E-state index in [9.17, 15) is 14.4 Å². The maximum atomic E-state index is 12.9. The number of hydrogen-bond acceptors (Lipinski definition) is 5. The number of nitrogens with one attached hydrogen (secondary N) is 1. The van der Waals surface area contributed by atoms with Crippen molar-refractivity contribution in [1.29, 1.82) is 0 Å². The van der Waals surface area contributed by atoms with Crippen molar-refractivity contribution in [3.05, 3.63) is 16.4 Å². The van der Waals surface area contributed by atoms with Crippen molar-refractivity contribution < 1.29 is 14.0 Å². The minimum atomic E-state index is -0.529. The maximum absolute atomic E-state index is 12.9. The van der Waals surface area contributed by atoms with Crippen LogP contribution in [0.5, 0.6) is 0 Å². The predicted octanol–water partition coefficient (Wildman–Crippen LogP) is 0.997. The Labute approximate surface area is 157 Å². The minimum absolute atomic E-state index is 0.00694. The molecule has 3 saturated heterocycles. The van der Waals surface area contributed by atoms with Crippen LogP contribution in [0.4, 0.5) is 4.79 Å². The van der Waals surface area contributed by atoms with Gasteiger partial charge in [0.2, 0.25) is 11.8 Å². The highest BCUT2D eigenvalue weighted by Crippen LogP contribution is 2.28. The molecule has 0 bridgehead atoms. The van der Waals surface area contributed by atoms with Gasteiger partial charge in [-0.05, 0) is 38.5 Å². The van der Waals surface area contributed by atoms with Crippen LogP contribution in [0.3, 0.4) is 0 Å². The number of carbonyl (C=O) groups is 2. The second-order valence-electron chi connectivity index (χ2n) is 7.79. The van der Waals surface area contributed by atoms with E-state index in [1.165, 1.54) is 0 Å². The summed E-state index contributed by atoms with van der Waals surface area (Å²) in [5.41, 5.74) is 0. The molecule has 3 aliphatic heterocycles. The summed E-state index contributed by atoms with van der Waals surface area (Å²) in [7, 11) is 0. The molecule has 0 saturated carbocycles. The summed E-state index contributed by atoms with van der Waals surface area (Å²) in [5.74, 6) is 0.213. The van der Waals surface area contributed by atoms with Crippen molar-refractivity contribution in [1.82, 2.24) is 24.9 Å². The second kappa shape index (κ2) is 7.74. The quantitative estimate of drug-likeness (QED) is 0.828. The molecule has 0 atom stereocenters. The number of H-pyrrole nitrogens is 1. The van der Waals surface area contributed by atoms with Gasteiger partial charge in [-0.25, -0.2) is 14.7 Å². The van der Waals surface area contributed by atoms with Gasteiger partial charge < -0.3 is 19.1 Å². The number of hydrogen-bond donors (Lipinski definition) is 1. The van der Waals surface area contributed by atoms with Crippen molar-refractivity contribution in [3.8, 4) is 0 Å². The highest BCUT2D eigenvalue weighted by Gasteiger charge is 2.34. The Morgan fingerprint density at radius 1 is 0.889 bits per heavy atom. The van der Waals surface area contributed by atoms with E-state index >= 15 is 0 Å². The zero-order valence-electron chi connectivity index (χ0n) is 15.6. The third-order valence-electron chi connectivity index (χ3n) is 6.10. The third-order valence-corrected chi connectivity index (χ3v) is 6.10. The molecule has 148 valence electrons. The molecule has 9 nitrogen and oxygen atoms in total. The van der Waals surface area contributed by atoms with Gasteiger partial charge in [0.15, 0.2) is 0 Å². The minimum Gasteiger partial charge on any atom is -0.392 e. The van der Waals surface area contributed by atoms with Crippen LogP contribution in [0, 0.1) is 5.92 Å². The summed E-state index contributed by atoms with van der Waals surface area (Å²) in [6.45, 7) is 4.38.